The first-order valence-electron chi connectivity index (χ1n) is 8.73. The van der Waals surface area contributed by atoms with Crippen LogP contribution >= 0.6 is 12.2 Å². The van der Waals surface area contributed by atoms with E-state index in [1.54, 1.807) is 6.07 Å². The van der Waals surface area contributed by atoms with Crippen molar-refractivity contribution in [2.45, 2.75) is 44.6 Å². The number of nitrogens with zero attached hydrogens (tertiary/aromatic N) is 2. The SMILES string of the molecule is O=C(NCCn1c(C2CC2)n[nH]c1=S)C(=O)c1ccc2c(c1)CCC2. The zero-order valence-electron chi connectivity index (χ0n) is 13.9. The minimum Gasteiger partial charge on any atom is -0.347 e. The van der Waals surface area contributed by atoms with Gasteiger partial charge in [0, 0.05) is 24.6 Å². The lowest BCUT2D eigenvalue weighted by Crippen LogP contribution is -2.33. The van der Waals surface area contributed by atoms with Crippen LogP contribution in [0.1, 0.15) is 52.5 Å². The Hall–Kier alpha value is -2.28. The highest BCUT2D eigenvalue weighted by atomic mass is 32.1. The molecule has 1 saturated carbocycles. The smallest absolute Gasteiger partial charge is 0.292 e. The summed E-state index contributed by atoms with van der Waals surface area (Å²) in [6.07, 6.45) is 5.42. The molecule has 2 aromatic rings. The van der Waals surface area contributed by atoms with Crippen molar-refractivity contribution < 1.29 is 9.59 Å². The second-order valence-electron chi connectivity index (χ2n) is 6.73. The van der Waals surface area contributed by atoms with E-state index in [1.165, 1.54) is 11.1 Å². The predicted octanol–water partition coefficient (Wildman–Crippen LogP) is 2.31. The van der Waals surface area contributed by atoms with E-state index in [9.17, 15) is 9.59 Å². The third-order valence-electron chi connectivity index (χ3n) is 4.92. The Balaban J connectivity index is 1.37. The Labute approximate surface area is 150 Å². The summed E-state index contributed by atoms with van der Waals surface area (Å²) in [5.74, 6) is 0.370. The van der Waals surface area contributed by atoms with E-state index < -0.39 is 11.7 Å². The molecule has 1 amide bonds. The van der Waals surface area contributed by atoms with Crippen molar-refractivity contribution in [1.29, 1.82) is 0 Å². The molecule has 1 fully saturated rings. The minimum atomic E-state index is -0.569. The molecule has 2 aliphatic rings. The molecule has 2 aliphatic carbocycles. The average Bonchev–Trinajstić information content (AvgIpc) is 3.24. The van der Waals surface area contributed by atoms with E-state index in [4.69, 9.17) is 12.2 Å². The number of ketones is 1. The molecule has 0 aliphatic heterocycles. The lowest BCUT2D eigenvalue weighted by Gasteiger charge is -2.08. The topological polar surface area (TPSA) is 79.8 Å². The number of aryl methyl sites for hydroxylation is 2. The summed E-state index contributed by atoms with van der Waals surface area (Å²) in [5.41, 5.74) is 2.95. The van der Waals surface area contributed by atoms with Gasteiger partial charge in [-0.25, -0.2) is 0 Å². The van der Waals surface area contributed by atoms with E-state index in [2.05, 4.69) is 15.5 Å². The molecule has 4 rings (SSSR count). The predicted molar refractivity (Wildman–Crippen MR) is 95.2 cm³/mol. The fourth-order valence-electron chi connectivity index (χ4n) is 3.40. The summed E-state index contributed by atoms with van der Waals surface area (Å²) in [6.45, 7) is 0.869. The Morgan fingerprint density at radius 1 is 1.28 bits per heavy atom. The van der Waals surface area contributed by atoms with Crippen LogP contribution in [0.3, 0.4) is 0 Å². The molecule has 25 heavy (non-hydrogen) atoms. The van der Waals surface area contributed by atoms with E-state index in [-0.39, 0.29) is 0 Å². The first kappa shape index (κ1) is 16.2. The standard InChI is InChI=1S/C18H20N4O2S/c23-15(14-7-4-11-2-1-3-13(11)10-14)17(24)19-8-9-22-16(12-5-6-12)20-21-18(22)25/h4,7,10,12H,1-3,5-6,8-9H2,(H,19,24)(H,21,25). The van der Waals surface area contributed by atoms with Crippen LogP contribution in [0.25, 0.3) is 0 Å². The molecule has 0 atom stereocenters. The normalized spacial score (nSPS) is 15.8. The molecule has 6 nitrogen and oxygen atoms in total. The molecule has 0 spiro atoms. The van der Waals surface area contributed by atoms with Crippen molar-refractivity contribution in [3.63, 3.8) is 0 Å². The van der Waals surface area contributed by atoms with Crippen LogP contribution in [0.2, 0.25) is 0 Å². The fourth-order valence-corrected chi connectivity index (χ4v) is 3.64. The molecule has 1 aromatic carbocycles. The number of hydrogen-bond donors (Lipinski definition) is 2. The summed E-state index contributed by atoms with van der Waals surface area (Å²) < 4.78 is 2.47. The Bertz CT molecular complexity index is 895. The van der Waals surface area contributed by atoms with E-state index in [0.29, 0.717) is 29.3 Å². The number of H-pyrrole nitrogens is 1. The monoisotopic (exact) mass is 356 g/mol. The number of aromatic nitrogens is 3. The lowest BCUT2D eigenvalue weighted by molar-refractivity contribution is -0.117. The maximum atomic E-state index is 12.3. The molecule has 0 saturated heterocycles. The number of hydrogen-bond acceptors (Lipinski definition) is 4. The van der Waals surface area contributed by atoms with E-state index in [1.807, 2.05) is 16.7 Å². The molecule has 0 bridgehead atoms. The summed E-state index contributed by atoms with van der Waals surface area (Å²) >= 11 is 5.24. The van der Waals surface area contributed by atoms with Gasteiger partial charge < -0.3 is 9.88 Å². The maximum absolute atomic E-state index is 12.3. The van der Waals surface area contributed by atoms with Crippen molar-refractivity contribution >= 4 is 23.9 Å². The van der Waals surface area contributed by atoms with Gasteiger partial charge in [-0.15, -0.1) is 0 Å². The summed E-state index contributed by atoms with van der Waals surface area (Å²) in [7, 11) is 0. The molecule has 0 unspecified atom stereocenters. The number of carbonyl (C=O) groups is 2. The Morgan fingerprint density at radius 2 is 2.08 bits per heavy atom. The van der Waals surface area contributed by atoms with Gasteiger partial charge in [-0.3, -0.25) is 14.7 Å². The largest absolute Gasteiger partial charge is 0.347 e. The third kappa shape index (κ3) is 3.28. The molecule has 1 aromatic heterocycles. The second-order valence-corrected chi connectivity index (χ2v) is 7.12. The Morgan fingerprint density at radius 3 is 2.88 bits per heavy atom. The summed E-state index contributed by atoms with van der Waals surface area (Å²) in [5, 5.41) is 9.77. The number of Topliss-reactive ketones (excluding diaryl/α,β-unsaturated/α-hetero) is 1. The van der Waals surface area contributed by atoms with Crippen LogP contribution in [-0.4, -0.2) is 33.0 Å². The van der Waals surface area contributed by atoms with Gasteiger partial charge in [-0.1, -0.05) is 12.1 Å². The van der Waals surface area contributed by atoms with Crippen LogP contribution in [0.4, 0.5) is 0 Å². The first-order chi connectivity index (χ1) is 12.1. The van der Waals surface area contributed by atoms with Crippen LogP contribution in [0, 0.1) is 4.77 Å². The molecule has 0 radical (unpaired) electrons. The van der Waals surface area contributed by atoms with E-state index >= 15 is 0 Å². The van der Waals surface area contributed by atoms with Crippen LogP contribution in [0.15, 0.2) is 18.2 Å². The highest BCUT2D eigenvalue weighted by Crippen LogP contribution is 2.38. The molecule has 7 heteroatoms. The first-order valence-corrected chi connectivity index (χ1v) is 9.14. The second kappa shape index (κ2) is 6.55. The van der Waals surface area contributed by atoms with Crippen LogP contribution in [0.5, 0.6) is 0 Å². The number of benzene rings is 1. The van der Waals surface area contributed by atoms with Crippen LogP contribution < -0.4 is 5.32 Å². The molecule has 130 valence electrons. The Kier molecular flexibility index (Phi) is 4.25. The fraction of sp³-hybridized carbons (Fsp3) is 0.444. The maximum Gasteiger partial charge on any atom is 0.292 e. The van der Waals surface area contributed by atoms with Gasteiger partial charge in [0.05, 0.1) is 0 Å². The van der Waals surface area contributed by atoms with Gasteiger partial charge in [-0.05, 0) is 61.5 Å². The minimum absolute atomic E-state index is 0.350. The molecular formula is C18H20N4O2S. The lowest BCUT2D eigenvalue weighted by atomic mass is 10.0. The summed E-state index contributed by atoms with van der Waals surface area (Å²) in [4.78, 5) is 24.5. The zero-order valence-corrected chi connectivity index (χ0v) is 14.7. The molecule has 1 heterocycles. The highest BCUT2D eigenvalue weighted by molar-refractivity contribution is 7.71. The van der Waals surface area contributed by atoms with Gasteiger partial charge in [0.1, 0.15) is 5.82 Å². The quantitative estimate of drug-likeness (QED) is 0.473. The van der Waals surface area contributed by atoms with Gasteiger partial charge in [0.2, 0.25) is 5.78 Å². The highest BCUT2D eigenvalue weighted by Gasteiger charge is 2.29. The van der Waals surface area contributed by atoms with Gasteiger partial charge in [0.25, 0.3) is 5.91 Å². The average molecular weight is 356 g/mol. The number of carbonyl (C=O) groups excluding carboxylic acids is 2. The zero-order chi connectivity index (χ0) is 17.4. The number of nitrogens with one attached hydrogen (secondary N) is 2. The van der Waals surface area contributed by atoms with Crippen molar-refractivity contribution in [3.05, 3.63) is 45.5 Å². The van der Waals surface area contributed by atoms with Crippen molar-refractivity contribution in [2.24, 2.45) is 0 Å². The van der Waals surface area contributed by atoms with Crippen molar-refractivity contribution in [1.82, 2.24) is 20.1 Å². The van der Waals surface area contributed by atoms with Gasteiger partial charge in [0.15, 0.2) is 4.77 Å². The van der Waals surface area contributed by atoms with Crippen molar-refractivity contribution in [2.75, 3.05) is 6.54 Å². The van der Waals surface area contributed by atoms with Gasteiger partial charge in [-0.2, -0.15) is 5.10 Å². The van der Waals surface area contributed by atoms with Crippen molar-refractivity contribution in [3.8, 4) is 0 Å². The third-order valence-corrected chi connectivity index (χ3v) is 5.23. The van der Waals surface area contributed by atoms with Crippen LogP contribution in [-0.2, 0) is 24.2 Å². The summed E-state index contributed by atoms with van der Waals surface area (Å²) in [6, 6.07) is 5.58. The van der Waals surface area contributed by atoms with Gasteiger partial charge >= 0.3 is 0 Å². The van der Waals surface area contributed by atoms with E-state index in [0.717, 1.165) is 37.9 Å². The number of fused-ring (bicyclic) bond motifs is 1. The molecular weight excluding hydrogens is 336 g/mol. The number of amides is 1. The number of aromatic amines is 1. The number of rotatable bonds is 6. The molecule has 2 N–H and O–H groups in total.